The largest absolute Gasteiger partial charge is 0.368 e. The molecule has 1 aromatic heterocycles. The van der Waals surface area contributed by atoms with Crippen molar-refractivity contribution in [3.05, 3.63) is 35.9 Å². The molecule has 0 unspecified atom stereocenters. The summed E-state index contributed by atoms with van der Waals surface area (Å²) in [5, 5.41) is 11.3. The van der Waals surface area contributed by atoms with Gasteiger partial charge in [-0.25, -0.2) is 4.39 Å². The summed E-state index contributed by atoms with van der Waals surface area (Å²) in [4.78, 5) is 23.2. The number of thioether (sulfide) groups is 1. The van der Waals surface area contributed by atoms with Crippen molar-refractivity contribution >= 4 is 29.3 Å². The maximum Gasteiger partial charge on any atom is 0.237 e. The number of nitrogens with zero attached hydrogens (tertiary/aromatic N) is 3. The summed E-state index contributed by atoms with van der Waals surface area (Å²) in [5.41, 5.74) is 5.79. The van der Waals surface area contributed by atoms with Crippen molar-refractivity contribution in [3.63, 3.8) is 0 Å². The third-order valence-corrected chi connectivity index (χ3v) is 4.43. The summed E-state index contributed by atoms with van der Waals surface area (Å²) in [6.45, 7) is 0.000742. The van der Waals surface area contributed by atoms with Gasteiger partial charge in [-0.1, -0.05) is 11.8 Å². The number of carbonyl (C=O) groups excluding carboxylic acids is 2. The van der Waals surface area contributed by atoms with Crippen molar-refractivity contribution in [2.75, 3.05) is 11.1 Å². The van der Waals surface area contributed by atoms with Gasteiger partial charge < -0.3 is 11.1 Å². The number of halogens is 1. The highest BCUT2D eigenvalue weighted by molar-refractivity contribution is 7.99. The standard InChI is InChI=1S/C15H16FN5O2S/c16-10-3-5-11(6-4-10)18-13(23)8-24-15-20-19-14(9-1-2-9)21(15)7-12(17)22/h3-6,9H,1-2,7-8H2,(H2,17,22)(H,18,23). The fraction of sp³-hybridized carbons (Fsp3) is 0.333. The molecule has 1 saturated carbocycles. The average molecular weight is 349 g/mol. The first kappa shape index (κ1) is 16.4. The quantitative estimate of drug-likeness (QED) is 0.738. The van der Waals surface area contributed by atoms with Crippen molar-refractivity contribution in [1.29, 1.82) is 0 Å². The van der Waals surface area contributed by atoms with Gasteiger partial charge >= 0.3 is 0 Å². The number of nitrogens with one attached hydrogen (secondary N) is 1. The monoisotopic (exact) mass is 349 g/mol. The number of primary amides is 1. The highest BCUT2D eigenvalue weighted by atomic mass is 32.2. The molecular formula is C15H16FN5O2S. The van der Waals surface area contributed by atoms with Crippen LogP contribution >= 0.6 is 11.8 Å². The smallest absolute Gasteiger partial charge is 0.237 e. The van der Waals surface area contributed by atoms with E-state index in [1.807, 2.05) is 0 Å². The van der Waals surface area contributed by atoms with Gasteiger partial charge in [-0.2, -0.15) is 0 Å². The molecule has 126 valence electrons. The van der Waals surface area contributed by atoms with Crippen LogP contribution in [0.4, 0.5) is 10.1 Å². The first-order valence-corrected chi connectivity index (χ1v) is 8.41. The third kappa shape index (κ3) is 4.10. The molecule has 3 N–H and O–H groups in total. The Kier molecular flexibility index (Phi) is 4.79. The molecule has 0 aliphatic heterocycles. The first-order chi connectivity index (χ1) is 11.5. The summed E-state index contributed by atoms with van der Waals surface area (Å²) in [6.07, 6.45) is 2.04. The van der Waals surface area contributed by atoms with Crippen LogP contribution in [0.15, 0.2) is 29.4 Å². The fourth-order valence-electron chi connectivity index (χ4n) is 2.22. The second-order valence-electron chi connectivity index (χ2n) is 5.51. The minimum Gasteiger partial charge on any atom is -0.368 e. The Morgan fingerprint density at radius 3 is 2.62 bits per heavy atom. The number of rotatable bonds is 7. The molecule has 9 heteroatoms. The lowest BCUT2D eigenvalue weighted by Crippen LogP contribution is -2.21. The van der Waals surface area contributed by atoms with E-state index in [4.69, 9.17) is 5.73 Å². The van der Waals surface area contributed by atoms with E-state index in [1.165, 1.54) is 36.0 Å². The summed E-state index contributed by atoms with van der Waals surface area (Å²) in [6, 6.07) is 5.51. The normalized spacial score (nSPS) is 13.7. The number of hydrogen-bond donors (Lipinski definition) is 2. The van der Waals surface area contributed by atoms with Crippen molar-refractivity contribution in [2.24, 2.45) is 5.73 Å². The lowest BCUT2D eigenvalue weighted by molar-refractivity contribution is -0.118. The average Bonchev–Trinajstić information content (AvgIpc) is 3.30. The zero-order valence-corrected chi connectivity index (χ0v) is 13.6. The van der Waals surface area contributed by atoms with Crippen molar-refractivity contribution < 1.29 is 14.0 Å². The minimum atomic E-state index is -0.477. The number of carbonyl (C=O) groups is 2. The van der Waals surface area contributed by atoms with Gasteiger partial charge in [0.05, 0.1) is 5.75 Å². The van der Waals surface area contributed by atoms with Gasteiger partial charge in [0, 0.05) is 11.6 Å². The van der Waals surface area contributed by atoms with E-state index in [9.17, 15) is 14.0 Å². The molecular weight excluding hydrogens is 333 g/mol. The minimum absolute atomic E-state index is 0.000742. The molecule has 0 saturated heterocycles. The Balaban J connectivity index is 1.62. The fourth-order valence-corrected chi connectivity index (χ4v) is 2.96. The van der Waals surface area contributed by atoms with Gasteiger partial charge in [-0.05, 0) is 37.1 Å². The Morgan fingerprint density at radius 2 is 2.00 bits per heavy atom. The molecule has 24 heavy (non-hydrogen) atoms. The molecule has 3 rings (SSSR count). The molecule has 0 radical (unpaired) electrons. The zero-order valence-electron chi connectivity index (χ0n) is 12.7. The number of benzene rings is 1. The number of amides is 2. The topological polar surface area (TPSA) is 103 Å². The molecule has 1 heterocycles. The summed E-state index contributed by atoms with van der Waals surface area (Å²) < 4.78 is 14.5. The number of nitrogens with two attached hydrogens (primary N) is 1. The number of hydrogen-bond acceptors (Lipinski definition) is 5. The van der Waals surface area contributed by atoms with Crippen LogP contribution in [0.2, 0.25) is 0 Å². The highest BCUT2D eigenvalue weighted by Crippen LogP contribution is 2.39. The van der Waals surface area contributed by atoms with Crippen LogP contribution in [0.1, 0.15) is 24.6 Å². The van der Waals surface area contributed by atoms with Gasteiger partial charge in [0.2, 0.25) is 11.8 Å². The van der Waals surface area contributed by atoms with Gasteiger partial charge in [0.15, 0.2) is 5.16 Å². The van der Waals surface area contributed by atoms with E-state index in [2.05, 4.69) is 15.5 Å². The van der Waals surface area contributed by atoms with E-state index in [0.29, 0.717) is 16.8 Å². The molecule has 7 nitrogen and oxygen atoms in total. The molecule has 1 aliphatic rings. The van der Waals surface area contributed by atoms with Crippen molar-refractivity contribution in [3.8, 4) is 0 Å². The molecule has 0 atom stereocenters. The summed E-state index contributed by atoms with van der Waals surface area (Å²) >= 11 is 1.18. The highest BCUT2D eigenvalue weighted by Gasteiger charge is 2.30. The molecule has 0 spiro atoms. The van der Waals surface area contributed by atoms with E-state index >= 15 is 0 Å². The summed E-state index contributed by atoms with van der Waals surface area (Å²) in [5.74, 6) is 0.0606. The van der Waals surface area contributed by atoms with Crippen LogP contribution in [-0.4, -0.2) is 32.3 Å². The Labute approximate surface area is 141 Å². The summed E-state index contributed by atoms with van der Waals surface area (Å²) in [7, 11) is 0. The van der Waals surface area contributed by atoms with Crippen LogP contribution in [0.5, 0.6) is 0 Å². The Bertz CT molecular complexity index is 758. The van der Waals surface area contributed by atoms with Crippen LogP contribution in [0.3, 0.4) is 0 Å². The first-order valence-electron chi connectivity index (χ1n) is 7.42. The molecule has 1 aliphatic carbocycles. The van der Waals surface area contributed by atoms with Gasteiger partial charge in [-0.3, -0.25) is 14.2 Å². The van der Waals surface area contributed by atoms with Crippen LogP contribution in [0, 0.1) is 5.82 Å². The lowest BCUT2D eigenvalue weighted by atomic mass is 10.3. The molecule has 2 amide bonds. The van der Waals surface area contributed by atoms with Crippen molar-refractivity contribution in [2.45, 2.75) is 30.5 Å². The number of anilines is 1. The molecule has 1 fully saturated rings. The van der Waals surface area contributed by atoms with Gasteiger partial charge in [0.1, 0.15) is 18.2 Å². The van der Waals surface area contributed by atoms with Gasteiger partial charge in [0.25, 0.3) is 0 Å². The predicted octanol–water partition coefficient (Wildman–Crippen LogP) is 1.51. The molecule has 2 aromatic rings. The van der Waals surface area contributed by atoms with Crippen LogP contribution in [0.25, 0.3) is 0 Å². The van der Waals surface area contributed by atoms with Gasteiger partial charge in [-0.15, -0.1) is 10.2 Å². The predicted molar refractivity (Wildman–Crippen MR) is 86.9 cm³/mol. The molecule has 1 aromatic carbocycles. The third-order valence-electron chi connectivity index (χ3n) is 3.46. The van der Waals surface area contributed by atoms with Crippen molar-refractivity contribution in [1.82, 2.24) is 14.8 Å². The second kappa shape index (κ2) is 7.00. The van der Waals surface area contributed by atoms with E-state index in [0.717, 1.165) is 18.7 Å². The maximum atomic E-state index is 12.8. The second-order valence-corrected chi connectivity index (χ2v) is 6.45. The number of aromatic nitrogens is 3. The Morgan fingerprint density at radius 1 is 1.29 bits per heavy atom. The van der Waals surface area contributed by atoms with E-state index in [-0.39, 0.29) is 24.0 Å². The van der Waals surface area contributed by atoms with E-state index in [1.54, 1.807) is 4.57 Å². The van der Waals surface area contributed by atoms with E-state index < -0.39 is 5.91 Å². The SMILES string of the molecule is NC(=O)Cn1c(SCC(=O)Nc2ccc(F)cc2)nnc1C1CC1. The van der Waals surface area contributed by atoms with Crippen LogP contribution < -0.4 is 11.1 Å². The van der Waals surface area contributed by atoms with Crippen LogP contribution in [-0.2, 0) is 16.1 Å². The zero-order chi connectivity index (χ0) is 17.1. The maximum absolute atomic E-state index is 12.8. The molecule has 0 bridgehead atoms. The Hall–Kier alpha value is -2.42. The lowest BCUT2D eigenvalue weighted by Gasteiger charge is -2.08.